The third-order valence-corrected chi connectivity index (χ3v) is 6.59. The Morgan fingerprint density at radius 2 is 1.86 bits per heavy atom. The first-order valence-corrected chi connectivity index (χ1v) is 10.9. The van der Waals surface area contributed by atoms with Gasteiger partial charge in [0.05, 0.1) is 12.5 Å². The number of nitrogens with one attached hydrogen (secondary N) is 1. The molecule has 7 heteroatoms. The highest BCUT2D eigenvalue weighted by Crippen LogP contribution is 2.24. The van der Waals surface area contributed by atoms with Gasteiger partial charge in [-0.05, 0) is 30.5 Å². The molecule has 0 radical (unpaired) electrons. The first-order valence-electron chi connectivity index (χ1n) is 10.9. The Morgan fingerprint density at radius 1 is 1.10 bits per heavy atom. The summed E-state index contributed by atoms with van der Waals surface area (Å²) >= 11 is 0. The van der Waals surface area contributed by atoms with E-state index >= 15 is 0 Å². The molecule has 1 unspecified atom stereocenters. The van der Waals surface area contributed by atoms with Gasteiger partial charge in [0.25, 0.3) is 0 Å². The number of halogens is 1. The van der Waals surface area contributed by atoms with E-state index in [1.165, 1.54) is 37.8 Å². The Kier molecular flexibility index (Phi) is 6.45. The van der Waals surface area contributed by atoms with Crippen LogP contribution in [0.1, 0.15) is 37.7 Å². The molecule has 1 N–H and O–H groups in total. The Balaban J connectivity index is 1.34. The van der Waals surface area contributed by atoms with Gasteiger partial charge in [0.1, 0.15) is 5.82 Å². The highest BCUT2D eigenvalue weighted by atomic mass is 19.1. The summed E-state index contributed by atoms with van der Waals surface area (Å²) in [6, 6.07) is 6.65. The molecule has 0 bridgehead atoms. The Morgan fingerprint density at radius 3 is 2.59 bits per heavy atom. The summed E-state index contributed by atoms with van der Waals surface area (Å²) in [7, 11) is 0. The van der Waals surface area contributed by atoms with Crippen molar-refractivity contribution in [2.24, 2.45) is 0 Å². The van der Waals surface area contributed by atoms with Crippen LogP contribution in [0.15, 0.2) is 24.3 Å². The molecule has 0 spiro atoms. The zero-order valence-electron chi connectivity index (χ0n) is 17.0. The molecule has 3 fully saturated rings. The second kappa shape index (κ2) is 9.22. The fourth-order valence-electron chi connectivity index (χ4n) is 4.94. The number of hydrogen-bond acceptors (Lipinski definition) is 4. The van der Waals surface area contributed by atoms with Crippen molar-refractivity contribution >= 4 is 11.8 Å². The van der Waals surface area contributed by atoms with Crippen LogP contribution >= 0.6 is 0 Å². The fraction of sp³-hybridized carbons (Fsp3) is 0.636. The van der Waals surface area contributed by atoms with Gasteiger partial charge in [-0.3, -0.25) is 19.4 Å². The normalized spacial score (nSPS) is 24.7. The Bertz CT molecular complexity index is 729. The first kappa shape index (κ1) is 20.3. The molecule has 6 nitrogen and oxygen atoms in total. The minimum atomic E-state index is -0.493. The van der Waals surface area contributed by atoms with Gasteiger partial charge in [-0.25, -0.2) is 4.39 Å². The van der Waals surface area contributed by atoms with Gasteiger partial charge in [0.2, 0.25) is 11.8 Å². The molecule has 0 aromatic heterocycles. The maximum Gasteiger partial charge on any atom is 0.237 e. The van der Waals surface area contributed by atoms with E-state index in [1.807, 2.05) is 15.9 Å². The van der Waals surface area contributed by atoms with Crippen molar-refractivity contribution < 1.29 is 14.0 Å². The van der Waals surface area contributed by atoms with Crippen LogP contribution in [0.2, 0.25) is 0 Å². The van der Waals surface area contributed by atoms with Crippen molar-refractivity contribution in [3.05, 3.63) is 35.6 Å². The van der Waals surface area contributed by atoms with Crippen LogP contribution in [0.25, 0.3) is 0 Å². The summed E-state index contributed by atoms with van der Waals surface area (Å²) in [4.78, 5) is 31.9. The smallest absolute Gasteiger partial charge is 0.237 e. The van der Waals surface area contributed by atoms with Gasteiger partial charge in [0.15, 0.2) is 0 Å². The SMILES string of the molecule is O=C1NCCN(Cc2cccc(F)c2)C1CC(=O)N1CCN(C2CCCC2)CC1. The van der Waals surface area contributed by atoms with Gasteiger partial charge in [0, 0.05) is 51.9 Å². The van der Waals surface area contributed by atoms with E-state index in [0.717, 1.165) is 31.7 Å². The van der Waals surface area contributed by atoms with Crippen molar-refractivity contribution in [1.29, 1.82) is 0 Å². The topological polar surface area (TPSA) is 55.9 Å². The summed E-state index contributed by atoms with van der Waals surface area (Å²) < 4.78 is 13.5. The number of rotatable bonds is 5. The summed E-state index contributed by atoms with van der Waals surface area (Å²) in [5, 5.41) is 2.88. The van der Waals surface area contributed by atoms with Gasteiger partial charge >= 0.3 is 0 Å². The molecule has 1 saturated carbocycles. The summed E-state index contributed by atoms with van der Waals surface area (Å²) in [6.45, 7) is 5.04. The van der Waals surface area contributed by atoms with Crippen molar-refractivity contribution in [2.45, 2.75) is 50.7 Å². The largest absolute Gasteiger partial charge is 0.353 e. The molecule has 1 atom stereocenters. The van der Waals surface area contributed by atoms with Crippen LogP contribution in [-0.4, -0.2) is 77.9 Å². The zero-order chi connectivity index (χ0) is 20.2. The number of benzene rings is 1. The van der Waals surface area contributed by atoms with E-state index in [1.54, 1.807) is 6.07 Å². The lowest BCUT2D eigenvalue weighted by Crippen LogP contribution is -2.57. The number of amides is 2. The first-order chi connectivity index (χ1) is 14.1. The quantitative estimate of drug-likeness (QED) is 0.813. The third kappa shape index (κ3) is 4.95. The molecular formula is C22H31FN4O2. The molecule has 2 saturated heterocycles. The fourth-order valence-corrected chi connectivity index (χ4v) is 4.94. The minimum Gasteiger partial charge on any atom is -0.353 e. The molecule has 158 valence electrons. The molecule has 1 aromatic carbocycles. The van der Waals surface area contributed by atoms with E-state index in [2.05, 4.69) is 10.2 Å². The molecule has 3 aliphatic rings. The van der Waals surface area contributed by atoms with Crippen LogP contribution < -0.4 is 5.32 Å². The molecule has 2 aliphatic heterocycles. The van der Waals surface area contributed by atoms with Crippen molar-refractivity contribution in [1.82, 2.24) is 20.0 Å². The van der Waals surface area contributed by atoms with Crippen LogP contribution in [0.4, 0.5) is 4.39 Å². The number of hydrogen-bond donors (Lipinski definition) is 1. The molecular weight excluding hydrogens is 371 g/mol. The highest BCUT2D eigenvalue weighted by molar-refractivity contribution is 5.88. The van der Waals surface area contributed by atoms with Crippen LogP contribution in [0.5, 0.6) is 0 Å². The molecule has 2 heterocycles. The lowest BCUT2D eigenvalue weighted by Gasteiger charge is -2.40. The van der Waals surface area contributed by atoms with E-state index in [0.29, 0.717) is 25.7 Å². The van der Waals surface area contributed by atoms with Crippen molar-refractivity contribution in [3.63, 3.8) is 0 Å². The predicted molar refractivity (Wildman–Crippen MR) is 109 cm³/mol. The van der Waals surface area contributed by atoms with E-state index in [-0.39, 0.29) is 24.1 Å². The maximum atomic E-state index is 13.5. The maximum absolute atomic E-state index is 13.5. The zero-order valence-corrected chi connectivity index (χ0v) is 17.0. The minimum absolute atomic E-state index is 0.0439. The summed E-state index contributed by atoms with van der Waals surface area (Å²) in [6.07, 6.45) is 5.39. The second-order valence-corrected chi connectivity index (χ2v) is 8.47. The summed E-state index contributed by atoms with van der Waals surface area (Å²) in [5.74, 6) is -0.343. The molecule has 2 amide bonds. The molecule has 1 aliphatic carbocycles. The van der Waals surface area contributed by atoms with Gasteiger partial charge in [-0.15, -0.1) is 0 Å². The Hall–Kier alpha value is -1.99. The molecule has 1 aromatic rings. The van der Waals surface area contributed by atoms with E-state index in [9.17, 15) is 14.0 Å². The van der Waals surface area contributed by atoms with E-state index in [4.69, 9.17) is 0 Å². The average Bonchev–Trinajstić information content (AvgIpc) is 3.25. The number of piperazine rings is 2. The van der Waals surface area contributed by atoms with Crippen molar-refractivity contribution in [3.8, 4) is 0 Å². The monoisotopic (exact) mass is 402 g/mol. The third-order valence-electron chi connectivity index (χ3n) is 6.59. The van der Waals surface area contributed by atoms with Gasteiger partial charge in [-0.2, -0.15) is 0 Å². The molecule has 4 rings (SSSR count). The average molecular weight is 403 g/mol. The Labute approximate surface area is 172 Å². The lowest BCUT2D eigenvalue weighted by molar-refractivity contribution is -0.140. The summed E-state index contributed by atoms with van der Waals surface area (Å²) in [5.41, 5.74) is 0.822. The van der Waals surface area contributed by atoms with Crippen molar-refractivity contribution in [2.75, 3.05) is 39.3 Å². The van der Waals surface area contributed by atoms with Crippen LogP contribution in [0.3, 0.4) is 0 Å². The second-order valence-electron chi connectivity index (χ2n) is 8.47. The number of carbonyl (C=O) groups excluding carboxylic acids is 2. The number of carbonyl (C=O) groups is 2. The predicted octanol–water partition coefficient (Wildman–Crippen LogP) is 1.60. The standard InChI is InChI=1S/C22H31FN4O2/c23-18-5-3-4-17(14-18)16-27-9-8-24-22(29)20(27)15-21(28)26-12-10-25(11-13-26)19-6-1-2-7-19/h3-5,14,19-20H,1-2,6-13,15-16H2,(H,24,29). The van der Waals surface area contributed by atoms with Crippen LogP contribution in [0, 0.1) is 5.82 Å². The lowest BCUT2D eigenvalue weighted by atomic mass is 10.1. The molecule has 29 heavy (non-hydrogen) atoms. The van der Waals surface area contributed by atoms with Gasteiger partial charge in [-0.1, -0.05) is 25.0 Å². The van der Waals surface area contributed by atoms with Crippen LogP contribution in [-0.2, 0) is 16.1 Å². The van der Waals surface area contributed by atoms with E-state index < -0.39 is 6.04 Å². The number of nitrogens with zero attached hydrogens (tertiary/aromatic N) is 3. The highest BCUT2D eigenvalue weighted by Gasteiger charge is 2.34. The van der Waals surface area contributed by atoms with Gasteiger partial charge < -0.3 is 10.2 Å².